The first-order valence-electron chi connectivity index (χ1n) is 10.7. The Bertz CT molecular complexity index is 953. The Morgan fingerprint density at radius 1 is 1.15 bits per heavy atom. The molecule has 3 amide bonds. The van der Waals surface area contributed by atoms with Gasteiger partial charge in [-0.15, -0.1) is 0 Å². The van der Waals surface area contributed by atoms with Crippen molar-refractivity contribution in [3.63, 3.8) is 0 Å². The highest BCUT2D eigenvalue weighted by Crippen LogP contribution is 2.35. The molecule has 1 aromatic carbocycles. The van der Waals surface area contributed by atoms with Gasteiger partial charge in [-0.3, -0.25) is 29.0 Å². The largest absolute Gasteiger partial charge is 0.469 e. The van der Waals surface area contributed by atoms with E-state index in [4.69, 9.17) is 9.47 Å². The van der Waals surface area contributed by atoms with Crippen LogP contribution in [0.4, 0.5) is 4.79 Å². The molecule has 184 valence electrons. The third kappa shape index (κ3) is 6.21. The molecule has 0 spiro atoms. The highest BCUT2D eigenvalue weighted by Gasteiger charge is 2.56. The van der Waals surface area contributed by atoms with Gasteiger partial charge in [0.2, 0.25) is 5.91 Å². The van der Waals surface area contributed by atoms with Crippen molar-refractivity contribution in [2.24, 2.45) is 5.41 Å². The van der Waals surface area contributed by atoms with E-state index in [2.05, 4.69) is 11.3 Å². The summed E-state index contributed by atoms with van der Waals surface area (Å²) in [7, 11) is 1.17. The van der Waals surface area contributed by atoms with Crippen LogP contribution in [0.25, 0.3) is 0 Å². The molecule has 1 aliphatic heterocycles. The van der Waals surface area contributed by atoms with Crippen molar-refractivity contribution in [3.8, 4) is 0 Å². The van der Waals surface area contributed by atoms with Crippen LogP contribution in [0.2, 0.25) is 0 Å². The second-order valence-corrected chi connectivity index (χ2v) is 8.77. The molecule has 1 atom stereocenters. The summed E-state index contributed by atoms with van der Waals surface area (Å²) in [5.41, 5.74) is -2.72. The Morgan fingerprint density at radius 3 is 2.35 bits per heavy atom. The highest BCUT2D eigenvalue weighted by atomic mass is 16.6. The smallest absolute Gasteiger partial charge is 0.411 e. The van der Waals surface area contributed by atoms with Gasteiger partial charge >= 0.3 is 18.0 Å². The van der Waals surface area contributed by atoms with Gasteiger partial charge in [0, 0.05) is 12.0 Å². The first kappa shape index (κ1) is 26.6. The van der Waals surface area contributed by atoms with Crippen molar-refractivity contribution < 1.29 is 38.2 Å². The van der Waals surface area contributed by atoms with Crippen LogP contribution in [-0.4, -0.2) is 72.2 Å². The minimum atomic E-state index is -2.03. The number of rotatable bonds is 7. The number of carbonyl (C=O) groups excluding carboxylic acids is 5. The van der Waals surface area contributed by atoms with Crippen LogP contribution in [0.5, 0.6) is 0 Å². The predicted molar refractivity (Wildman–Crippen MR) is 120 cm³/mol. The minimum absolute atomic E-state index is 0.184. The van der Waals surface area contributed by atoms with E-state index in [9.17, 15) is 24.0 Å². The molecule has 1 unspecified atom stereocenters. The molecule has 0 N–H and O–H groups in total. The zero-order valence-electron chi connectivity index (χ0n) is 19.9. The third-order valence-electron chi connectivity index (χ3n) is 5.05. The summed E-state index contributed by atoms with van der Waals surface area (Å²) in [6.45, 7) is 7.40. The third-order valence-corrected chi connectivity index (χ3v) is 5.05. The van der Waals surface area contributed by atoms with E-state index >= 15 is 0 Å². The number of amides is 3. The van der Waals surface area contributed by atoms with Gasteiger partial charge in [0.15, 0.2) is 5.41 Å². The Morgan fingerprint density at radius 2 is 1.79 bits per heavy atom. The maximum Gasteiger partial charge on any atom is 0.411 e. The number of hydrogen-bond acceptors (Lipinski definition) is 8. The zero-order chi connectivity index (χ0) is 25.5. The molecular weight excluding hydrogens is 444 g/mol. The standard InChI is InChI=1S/C24H30N2O8/c1-6-14-33-21(30)24(13-12-18(27)32-5)15-25(22(31)34-23(2,3)4)16-26(20(24)29)19(28)17-10-8-7-9-11-17/h6-11H,1,12-16H2,2-5H3. The van der Waals surface area contributed by atoms with Gasteiger partial charge in [-0.05, 0) is 39.3 Å². The van der Waals surface area contributed by atoms with Crippen LogP contribution < -0.4 is 0 Å². The molecule has 10 heteroatoms. The van der Waals surface area contributed by atoms with Crippen molar-refractivity contribution in [1.82, 2.24) is 9.80 Å². The summed E-state index contributed by atoms with van der Waals surface area (Å²) in [5.74, 6) is -3.24. The lowest BCUT2D eigenvalue weighted by Gasteiger charge is -2.44. The van der Waals surface area contributed by atoms with Gasteiger partial charge in [-0.1, -0.05) is 30.9 Å². The fraction of sp³-hybridized carbons (Fsp3) is 0.458. The van der Waals surface area contributed by atoms with E-state index in [0.29, 0.717) is 0 Å². The summed E-state index contributed by atoms with van der Waals surface area (Å²) in [6, 6.07) is 7.96. The predicted octanol–water partition coefficient (Wildman–Crippen LogP) is 2.53. The molecule has 1 fully saturated rings. The maximum atomic E-state index is 13.7. The Kier molecular flexibility index (Phi) is 8.56. The van der Waals surface area contributed by atoms with E-state index in [-0.39, 0.29) is 25.0 Å². The minimum Gasteiger partial charge on any atom is -0.469 e. The number of ether oxygens (including phenoxy) is 3. The van der Waals surface area contributed by atoms with Gasteiger partial charge in [-0.25, -0.2) is 4.79 Å². The van der Waals surface area contributed by atoms with Crippen molar-refractivity contribution >= 4 is 29.8 Å². The van der Waals surface area contributed by atoms with Crippen molar-refractivity contribution in [1.29, 1.82) is 0 Å². The molecule has 0 saturated carbocycles. The lowest BCUT2D eigenvalue weighted by atomic mass is 9.79. The van der Waals surface area contributed by atoms with Crippen molar-refractivity contribution in [3.05, 3.63) is 48.6 Å². The number of methoxy groups -OCH3 is 1. The average Bonchev–Trinajstić information content (AvgIpc) is 2.80. The molecule has 0 aromatic heterocycles. The quantitative estimate of drug-likeness (QED) is 0.194. The topological polar surface area (TPSA) is 120 Å². The van der Waals surface area contributed by atoms with E-state index in [0.717, 1.165) is 9.80 Å². The van der Waals surface area contributed by atoms with E-state index in [1.807, 2.05) is 0 Å². The second kappa shape index (κ2) is 11.0. The van der Waals surface area contributed by atoms with E-state index in [1.165, 1.54) is 25.3 Å². The molecule has 1 aliphatic rings. The number of nitrogens with zero attached hydrogens (tertiary/aromatic N) is 2. The van der Waals surface area contributed by atoms with E-state index < -0.39 is 54.1 Å². The molecule has 1 saturated heterocycles. The number of carbonyl (C=O) groups is 5. The van der Waals surface area contributed by atoms with Gasteiger partial charge in [0.05, 0.1) is 13.7 Å². The zero-order valence-corrected chi connectivity index (χ0v) is 19.9. The molecule has 0 aliphatic carbocycles. The summed E-state index contributed by atoms with van der Waals surface area (Å²) in [5, 5.41) is 0. The summed E-state index contributed by atoms with van der Waals surface area (Å²) < 4.78 is 15.3. The Balaban J connectivity index is 2.55. The number of hydrogen-bond donors (Lipinski definition) is 0. The number of benzene rings is 1. The van der Waals surface area contributed by atoms with Gasteiger partial charge < -0.3 is 14.2 Å². The molecule has 0 bridgehead atoms. The fourth-order valence-corrected chi connectivity index (χ4v) is 3.41. The van der Waals surface area contributed by atoms with Crippen LogP contribution in [0.1, 0.15) is 44.0 Å². The molecule has 1 heterocycles. The second-order valence-electron chi connectivity index (χ2n) is 8.77. The lowest BCUT2D eigenvalue weighted by Crippen LogP contribution is -2.65. The Labute approximate surface area is 198 Å². The van der Waals surface area contributed by atoms with Crippen LogP contribution in [0.15, 0.2) is 43.0 Å². The molecule has 10 nitrogen and oxygen atoms in total. The highest BCUT2D eigenvalue weighted by molar-refractivity contribution is 6.13. The lowest BCUT2D eigenvalue weighted by molar-refractivity contribution is -0.171. The molecule has 34 heavy (non-hydrogen) atoms. The van der Waals surface area contributed by atoms with E-state index in [1.54, 1.807) is 39.0 Å². The average molecular weight is 475 g/mol. The van der Waals surface area contributed by atoms with Crippen LogP contribution in [-0.2, 0) is 28.6 Å². The maximum absolute atomic E-state index is 13.7. The van der Waals surface area contributed by atoms with Crippen molar-refractivity contribution in [2.45, 2.75) is 39.2 Å². The fourth-order valence-electron chi connectivity index (χ4n) is 3.41. The number of esters is 2. The van der Waals surface area contributed by atoms with Crippen molar-refractivity contribution in [2.75, 3.05) is 26.9 Å². The van der Waals surface area contributed by atoms with Gasteiger partial charge in [-0.2, -0.15) is 0 Å². The molecule has 2 rings (SSSR count). The molecule has 0 radical (unpaired) electrons. The van der Waals surface area contributed by atoms with Gasteiger partial charge in [0.1, 0.15) is 18.9 Å². The Hall–Kier alpha value is -3.69. The van der Waals surface area contributed by atoms with Crippen LogP contribution >= 0.6 is 0 Å². The molecular formula is C24H30N2O8. The van der Waals surface area contributed by atoms with Gasteiger partial charge in [0.25, 0.3) is 5.91 Å². The molecule has 1 aromatic rings. The van der Waals surface area contributed by atoms with Crippen LogP contribution in [0.3, 0.4) is 0 Å². The summed E-state index contributed by atoms with van der Waals surface area (Å²) in [4.78, 5) is 66.8. The van der Waals surface area contributed by atoms with Crippen LogP contribution in [0, 0.1) is 5.41 Å². The number of imide groups is 1. The summed E-state index contributed by atoms with van der Waals surface area (Å²) in [6.07, 6.45) is -0.171. The first-order valence-corrected chi connectivity index (χ1v) is 10.7. The monoisotopic (exact) mass is 474 g/mol. The summed E-state index contributed by atoms with van der Waals surface area (Å²) >= 11 is 0. The SMILES string of the molecule is C=CCOC(=O)C1(CCC(=O)OC)CN(C(=O)OC(C)(C)C)CN(C(=O)c2ccccc2)C1=O. The first-order chi connectivity index (χ1) is 15.9. The normalized spacial score (nSPS) is 18.2.